The van der Waals surface area contributed by atoms with Crippen LogP contribution >= 0.6 is 0 Å². The van der Waals surface area contributed by atoms with Crippen molar-refractivity contribution in [1.82, 2.24) is 9.97 Å². The van der Waals surface area contributed by atoms with Gasteiger partial charge in [-0.15, -0.1) is 0 Å². The topological polar surface area (TPSA) is 142 Å². The molecule has 0 atom stereocenters. The molecule has 0 spiro atoms. The number of fused-ring (bicyclic) bond motifs is 1. The van der Waals surface area contributed by atoms with Crippen LogP contribution in [0.4, 0.5) is 11.5 Å². The van der Waals surface area contributed by atoms with E-state index in [1.165, 1.54) is 13.3 Å². The van der Waals surface area contributed by atoms with Crippen LogP contribution in [0, 0.1) is 0 Å². The number of nitrogens with zero attached hydrogens (tertiary/aromatic N) is 2. The molecule has 0 aliphatic rings. The van der Waals surface area contributed by atoms with Gasteiger partial charge in [0.1, 0.15) is 12.1 Å². The van der Waals surface area contributed by atoms with Gasteiger partial charge >= 0.3 is 11.9 Å². The maximum absolute atomic E-state index is 11.0. The Labute approximate surface area is 129 Å². The highest BCUT2D eigenvalue weighted by molar-refractivity contribution is 6.12. The van der Waals surface area contributed by atoms with E-state index in [-0.39, 0.29) is 11.7 Å². The Morgan fingerprint density at radius 1 is 1.13 bits per heavy atom. The average Bonchev–Trinajstić information content (AvgIpc) is 2.45. The summed E-state index contributed by atoms with van der Waals surface area (Å²) in [6.07, 6.45) is 2.07. The molecule has 0 fully saturated rings. The van der Waals surface area contributed by atoms with Crippen molar-refractivity contribution in [3.8, 4) is 0 Å². The number of aliphatic carboxylic acids is 2. The van der Waals surface area contributed by atoms with E-state index in [0.717, 1.165) is 6.20 Å². The molecule has 0 unspecified atom stereocenters. The molecular weight excluding hydrogens is 304 g/mol. The van der Waals surface area contributed by atoms with Gasteiger partial charge in [-0.1, -0.05) is 0 Å². The number of aromatic nitrogens is 2. The number of benzene rings is 1. The smallest absolute Gasteiger partial charge is 0.344 e. The summed E-state index contributed by atoms with van der Waals surface area (Å²) in [7, 11) is 0. The molecular formula is C14H12N4O5. The fourth-order valence-electron chi connectivity index (χ4n) is 1.81. The number of amides is 1. The van der Waals surface area contributed by atoms with Crippen LogP contribution in [0.25, 0.3) is 10.9 Å². The van der Waals surface area contributed by atoms with Crippen LogP contribution in [0.1, 0.15) is 6.92 Å². The fraction of sp³-hybridized carbons (Fsp3) is 0.0714. The van der Waals surface area contributed by atoms with Gasteiger partial charge in [-0.2, -0.15) is 0 Å². The average molecular weight is 316 g/mol. The lowest BCUT2D eigenvalue weighted by Gasteiger charge is -2.07. The minimum Gasteiger partial charge on any atom is -0.477 e. The van der Waals surface area contributed by atoms with Crippen molar-refractivity contribution < 1.29 is 24.6 Å². The first-order chi connectivity index (χ1) is 10.9. The third-order valence-corrected chi connectivity index (χ3v) is 2.77. The molecule has 1 heterocycles. The van der Waals surface area contributed by atoms with Crippen LogP contribution in [-0.2, 0) is 14.4 Å². The van der Waals surface area contributed by atoms with Crippen LogP contribution in [0.15, 0.2) is 36.3 Å². The normalized spacial score (nSPS) is 9.96. The summed E-state index contributed by atoms with van der Waals surface area (Å²) in [5, 5.41) is 23.3. The van der Waals surface area contributed by atoms with Crippen LogP contribution in [0.2, 0.25) is 0 Å². The van der Waals surface area contributed by atoms with Crippen molar-refractivity contribution in [2.75, 3.05) is 10.6 Å². The van der Waals surface area contributed by atoms with E-state index in [1.54, 1.807) is 18.2 Å². The van der Waals surface area contributed by atoms with Gasteiger partial charge in [0.05, 0.1) is 5.52 Å². The fourth-order valence-corrected chi connectivity index (χ4v) is 1.81. The Hall–Kier alpha value is -3.49. The van der Waals surface area contributed by atoms with E-state index in [9.17, 15) is 14.4 Å². The summed E-state index contributed by atoms with van der Waals surface area (Å²) in [4.78, 5) is 40.7. The molecule has 1 aromatic carbocycles. The Kier molecular flexibility index (Phi) is 4.50. The predicted molar refractivity (Wildman–Crippen MR) is 80.8 cm³/mol. The third kappa shape index (κ3) is 3.79. The zero-order valence-corrected chi connectivity index (χ0v) is 11.9. The molecule has 23 heavy (non-hydrogen) atoms. The molecule has 2 aromatic rings. The van der Waals surface area contributed by atoms with Crippen LogP contribution in [0.3, 0.4) is 0 Å². The second-order valence-electron chi connectivity index (χ2n) is 4.45. The molecule has 1 aromatic heterocycles. The molecule has 9 heteroatoms. The predicted octanol–water partition coefficient (Wildman–Crippen LogP) is 1.05. The zero-order valence-electron chi connectivity index (χ0n) is 11.9. The summed E-state index contributed by atoms with van der Waals surface area (Å²) in [5.41, 5.74) is 0.211. The number of rotatable bonds is 5. The maximum Gasteiger partial charge on any atom is 0.344 e. The van der Waals surface area contributed by atoms with Crippen molar-refractivity contribution in [1.29, 1.82) is 0 Å². The number of carboxylic acids is 2. The number of carbonyl (C=O) groups is 3. The Bertz CT molecular complexity index is 815. The summed E-state index contributed by atoms with van der Waals surface area (Å²) in [5.74, 6) is -3.13. The quantitative estimate of drug-likeness (QED) is 0.364. The lowest BCUT2D eigenvalue weighted by molar-refractivity contribution is -0.140. The molecule has 0 aliphatic heterocycles. The van der Waals surface area contributed by atoms with Crippen molar-refractivity contribution in [3.63, 3.8) is 0 Å². The summed E-state index contributed by atoms with van der Waals surface area (Å²) in [6.45, 7) is 1.38. The molecule has 0 saturated carbocycles. The lowest BCUT2D eigenvalue weighted by atomic mass is 10.2. The van der Waals surface area contributed by atoms with Gasteiger partial charge in [0.25, 0.3) is 0 Å². The number of carbonyl (C=O) groups excluding carboxylic acids is 1. The second kappa shape index (κ2) is 6.52. The van der Waals surface area contributed by atoms with Gasteiger partial charge in [0.15, 0.2) is 5.57 Å². The highest BCUT2D eigenvalue weighted by atomic mass is 16.4. The Morgan fingerprint density at radius 3 is 2.43 bits per heavy atom. The van der Waals surface area contributed by atoms with E-state index < -0.39 is 17.5 Å². The molecule has 4 N–H and O–H groups in total. The molecule has 9 nitrogen and oxygen atoms in total. The van der Waals surface area contributed by atoms with E-state index in [0.29, 0.717) is 16.6 Å². The SMILES string of the molecule is CC(=O)Nc1ccc2c(NC=C(C(=O)O)C(=O)O)ncnc2c1. The van der Waals surface area contributed by atoms with Crippen molar-refractivity contribution >= 4 is 40.3 Å². The van der Waals surface area contributed by atoms with Crippen LogP contribution in [-0.4, -0.2) is 38.0 Å². The van der Waals surface area contributed by atoms with E-state index in [2.05, 4.69) is 20.6 Å². The molecule has 2 rings (SSSR count). The molecule has 0 aliphatic carbocycles. The monoisotopic (exact) mass is 316 g/mol. The van der Waals surface area contributed by atoms with Crippen molar-refractivity contribution in [2.45, 2.75) is 6.92 Å². The zero-order chi connectivity index (χ0) is 17.0. The van der Waals surface area contributed by atoms with Crippen molar-refractivity contribution in [2.24, 2.45) is 0 Å². The number of hydrogen-bond acceptors (Lipinski definition) is 6. The molecule has 0 bridgehead atoms. The minimum absolute atomic E-state index is 0.229. The summed E-state index contributed by atoms with van der Waals surface area (Å²) in [6, 6.07) is 4.86. The first-order valence-corrected chi connectivity index (χ1v) is 6.34. The van der Waals surface area contributed by atoms with Gasteiger partial charge in [0, 0.05) is 24.2 Å². The molecule has 1 amide bonds. The maximum atomic E-state index is 11.0. The van der Waals surface area contributed by atoms with Gasteiger partial charge in [-0.3, -0.25) is 4.79 Å². The van der Waals surface area contributed by atoms with Gasteiger partial charge in [-0.05, 0) is 18.2 Å². The first kappa shape index (κ1) is 15.9. The summed E-state index contributed by atoms with van der Waals surface area (Å²) < 4.78 is 0. The van der Waals surface area contributed by atoms with E-state index in [4.69, 9.17) is 10.2 Å². The minimum atomic E-state index is -1.57. The number of nitrogens with one attached hydrogen (secondary N) is 2. The van der Waals surface area contributed by atoms with E-state index in [1.807, 2.05) is 0 Å². The van der Waals surface area contributed by atoms with Crippen LogP contribution < -0.4 is 10.6 Å². The standard InChI is InChI=1S/C14H12N4O5/c1-7(19)18-8-2-3-9-11(4-8)16-6-17-12(9)15-5-10(13(20)21)14(22)23/h2-6H,1H3,(H,18,19)(H,20,21)(H,22,23)(H,15,16,17). The number of anilines is 2. The largest absolute Gasteiger partial charge is 0.477 e. The van der Waals surface area contributed by atoms with Gasteiger partial charge in [-0.25, -0.2) is 19.6 Å². The molecule has 118 valence electrons. The van der Waals surface area contributed by atoms with E-state index >= 15 is 0 Å². The van der Waals surface area contributed by atoms with Crippen molar-refractivity contribution in [3.05, 3.63) is 36.3 Å². The van der Waals surface area contributed by atoms with Crippen LogP contribution in [0.5, 0.6) is 0 Å². The highest BCUT2D eigenvalue weighted by Crippen LogP contribution is 2.22. The van der Waals surface area contributed by atoms with Gasteiger partial charge < -0.3 is 20.8 Å². The second-order valence-corrected chi connectivity index (χ2v) is 4.45. The summed E-state index contributed by atoms with van der Waals surface area (Å²) >= 11 is 0. The number of hydrogen-bond donors (Lipinski definition) is 4. The Balaban J connectivity index is 2.38. The number of carboxylic acid groups (broad SMARTS) is 2. The first-order valence-electron chi connectivity index (χ1n) is 6.34. The Morgan fingerprint density at radius 2 is 1.83 bits per heavy atom. The lowest BCUT2D eigenvalue weighted by Crippen LogP contribution is -2.13. The molecule has 0 saturated heterocycles. The highest BCUT2D eigenvalue weighted by Gasteiger charge is 2.16. The van der Waals surface area contributed by atoms with Gasteiger partial charge in [0.2, 0.25) is 5.91 Å². The third-order valence-electron chi connectivity index (χ3n) is 2.77. The molecule has 0 radical (unpaired) electrons.